The molecule has 1 fully saturated rings. The molecule has 29 heavy (non-hydrogen) atoms. The highest BCUT2D eigenvalue weighted by Gasteiger charge is 2.36. The Balaban J connectivity index is 1.96. The first-order chi connectivity index (χ1) is 13.7. The van der Waals surface area contributed by atoms with Crippen LogP contribution in [-0.2, 0) is 19.7 Å². The number of halogens is 1. The number of benzene rings is 2. The molecule has 1 heterocycles. The van der Waals surface area contributed by atoms with Gasteiger partial charge in [0, 0.05) is 10.0 Å². The van der Waals surface area contributed by atoms with Gasteiger partial charge in [0.1, 0.15) is 17.2 Å². The number of hydrogen-bond donors (Lipinski definition) is 1. The molecule has 2 aromatic rings. The topological polar surface area (TPSA) is 124 Å². The van der Waals surface area contributed by atoms with Crippen LogP contribution in [0.2, 0.25) is 0 Å². The third-order valence-corrected chi connectivity index (χ3v) is 6.33. The maximum atomic E-state index is 12.5. The molecule has 0 bridgehead atoms. The molecule has 0 unspecified atom stereocenters. The molecule has 0 aromatic heterocycles. The third-order valence-electron chi connectivity index (χ3n) is 3.68. The van der Waals surface area contributed by atoms with Gasteiger partial charge in [0.05, 0.1) is 4.91 Å². The lowest BCUT2D eigenvalue weighted by Gasteiger charge is -2.11. The fraction of sp³-hybridized carbons (Fsp3) is 0.0556. The van der Waals surface area contributed by atoms with E-state index in [1.165, 1.54) is 30.3 Å². The molecule has 0 atom stereocenters. The Kier molecular flexibility index (Phi) is 6.10. The van der Waals surface area contributed by atoms with E-state index < -0.39 is 33.7 Å². The average molecular weight is 497 g/mol. The van der Waals surface area contributed by atoms with E-state index in [2.05, 4.69) is 15.9 Å². The predicted molar refractivity (Wildman–Crippen MR) is 110 cm³/mol. The van der Waals surface area contributed by atoms with E-state index in [9.17, 15) is 22.8 Å². The Bertz CT molecular complexity index is 1130. The molecule has 0 aliphatic carbocycles. The summed E-state index contributed by atoms with van der Waals surface area (Å²) in [5.41, 5.74) is 5.31. The van der Waals surface area contributed by atoms with Gasteiger partial charge in [-0.2, -0.15) is 8.42 Å². The molecule has 2 aromatic carbocycles. The van der Waals surface area contributed by atoms with Crippen molar-refractivity contribution in [2.75, 3.05) is 6.54 Å². The van der Waals surface area contributed by atoms with Gasteiger partial charge in [-0.25, -0.2) is 0 Å². The summed E-state index contributed by atoms with van der Waals surface area (Å²) >= 11 is 3.90. The van der Waals surface area contributed by atoms with Crippen molar-refractivity contribution in [2.24, 2.45) is 5.73 Å². The van der Waals surface area contributed by atoms with Gasteiger partial charge in [0.2, 0.25) is 5.91 Å². The Morgan fingerprint density at radius 3 is 2.52 bits per heavy atom. The van der Waals surface area contributed by atoms with Crippen LogP contribution in [0.15, 0.2) is 62.8 Å². The summed E-state index contributed by atoms with van der Waals surface area (Å²) in [6.07, 6.45) is 1.33. The maximum Gasteiger partial charge on any atom is 0.339 e. The zero-order valence-electron chi connectivity index (χ0n) is 14.6. The van der Waals surface area contributed by atoms with Crippen LogP contribution in [0.3, 0.4) is 0 Å². The number of carbonyl (C=O) groups is 3. The molecule has 3 rings (SSSR count). The monoisotopic (exact) mass is 496 g/mol. The van der Waals surface area contributed by atoms with Crippen LogP contribution in [0.4, 0.5) is 4.79 Å². The number of nitrogens with two attached hydrogens (primary N) is 1. The first-order valence-electron chi connectivity index (χ1n) is 8.00. The van der Waals surface area contributed by atoms with Crippen molar-refractivity contribution in [1.29, 1.82) is 0 Å². The second-order valence-electron chi connectivity index (χ2n) is 5.77. The lowest BCUT2D eigenvalue weighted by atomic mass is 10.2. The van der Waals surface area contributed by atoms with Crippen molar-refractivity contribution in [2.45, 2.75) is 4.90 Å². The summed E-state index contributed by atoms with van der Waals surface area (Å²) in [6.45, 7) is -0.535. The largest absolute Gasteiger partial charge is 0.378 e. The number of amides is 3. The van der Waals surface area contributed by atoms with Crippen molar-refractivity contribution < 1.29 is 27.0 Å². The Morgan fingerprint density at radius 2 is 1.86 bits per heavy atom. The smallest absolute Gasteiger partial charge is 0.339 e. The predicted octanol–water partition coefficient (Wildman–Crippen LogP) is 2.74. The molecular weight excluding hydrogens is 484 g/mol. The van der Waals surface area contributed by atoms with Gasteiger partial charge in [-0.05, 0) is 48.2 Å². The van der Waals surface area contributed by atoms with E-state index in [1.54, 1.807) is 24.3 Å². The molecule has 11 heteroatoms. The molecular formula is C18H13BrN2O6S2. The van der Waals surface area contributed by atoms with Crippen LogP contribution in [0, 0.1) is 0 Å². The second kappa shape index (κ2) is 8.39. The lowest BCUT2D eigenvalue weighted by molar-refractivity contribution is -0.127. The zero-order valence-corrected chi connectivity index (χ0v) is 17.8. The molecule has 3 amide bonds. The number of primary amides is 1. The van der Waals surface area contributed by atoms with E-state index in [-0.39, 0.29) is 21.1 Å². The molecule has 0 spiro atoms. The number of carbonyl (C=O) groups excluding carboxylic acids is 3. The second-order valence-corrected chi connectivity index (χ2v) is 9.22. The summed E-state index contributed by atoms with van der Waals surface area (Å²) in [4.78, 5) is 36.1. The van der Waals surface area contributed by atoms with Crippen molar-refractivity contribution in [3.63, 3.8) is 0 Å². The standard InChI is InChI=1S/C18H13BrN2O6S2/c19-12-6-7-14(27-29(25,26)13-4-2-1-3-5-13)11(8-12)9-15-17(23)21(10-16(20)22)18(24)28-15/h1-9H,10H2,(H2,20,22)/b15-9-. The van der Waals surface area contributed by atoms with Crippen molar-refractivity contribution in [1.82, 2.24) is 4.90 Å². The van der Waals surface area contributed by atoms with Crippen molar-refractivity contribution >= 4 is 60.9 Å². The highest BCUT2D eigenvalue weighted by Crippen LogP contribution is 2.35. The summed E-state index contributed by atoms with van der Waals surface area (Å²) in [5, 5.41) is -0.644. The van der Waals surface area contributed by atoms with Gasteiger partial charge in [-0.15, -0.1) is 0 Å². The Hall–Kier alpha value is -2.63. The number of imide groups is 1. The van der Waals surface area contributed by atoms with Crippen molar-refractivity contribution in [3.05, 3.63) is 63.5 Å². The molecule has 1 aliphatic rings. The van der Waals surface area contributed by atoms with E-state index in [1.807, 2.05) is 0 Å². The molecule has 1 saturated heterocycles. The van der Waals surface area contributed by atoms with Crippen LogP contribution in [0.1, 0.15) is 5.56 Å². The van der Waals surface area contributed by atoms with Gasteiger partial charge in [0.15, 0.2) is 0 Å². The molecule has 1 aliphatic heterocycles. The van der Waals surface area contributed by atoms with Crippen LogP contribution < -0.4 is 9.92 Å². The zero-order chi connectivity index (χ0) is 21.2. The van der Waals surface area contributed by atoms with Crippen molar-refractivity contribution in [3.8, 4) is 5.75 Å². The van der Waals surface area contributed by atoms with Gasteiger partial charge in [0.25, 0.3) is 11.1 Å². The Morgan fingerprint density at radius 1 is 1.17 bits per heavy atom. The highest BCUT2D eigenvalue weighted by atomic mass is 79.9. The number of hydrogen-bond acceptors (Lipinski definition) is 7. The lowest BCUT2D eigenvalue weighted by Crippen LogP contribution is -2.36. The summed E-state index contributed by atoms with van der Waals surface area (Å²) in [6, 6.07) is 12.1. The number of nitrogens with zero attached hydrogens (tertiary/aromatic N) is 1. The molecule has 150 valence electrons. The normalized spacial score (nSPS) is 15.8. The molecule has 0 saturated carbocycles. The Labute approximate surface area is 179 Å². The minimum absolute atomic E-state index is 0.0105. The molecule has 0 radical (unpaired) electrons. The highest BCUT2D eigenvalue weighted by molar-refractivity contribution is 9.10. The van der Waals surface area contributed by atoms with Crippen LogP contribution in [0.5, 0.6) is 5.75 Å². The van der Waals surface area contributed by atoms with E-state index in [0.717, 1.165) is 4.90 Å². The van der Waals surface area contributed by atoms with Gasteiger partial charge in [-0.3, -0.25) is 19.3 Å². The van der Waals surface area contributed by atoms with E-state index >= 15 is 0 Å². The number of thioether (sulfide) groups is 1. The average Bonchev–Trinajstić information content (AvgIpc) is 2.92. The first-order valence-corrected chi connectivity index (χ1v) is 11.0. The van der Waals surface area contributed by atoms with E-state index in [0.29, 0.717) is 16.2 Å². The fourth-order valence-electron chi connectivity index (χ4n) is 2.39. The van der Waals surface area contributed by atoms with Gasteiger partial charge in [-0.1, -0.05) is 34.1 Å². The fourth-order valence-corrected chi connectivity index (χ4v) is 4.58. The molecule has 2 N–H and O–H groups in total. The van der Waals surface area contributed by atoms with E-state index in [4.69, 9.17) is 9.92 Å². The first kappa shape index (κ1) is 21.1. The quantitative estimate of drug-likeness (QED) is 0.481. The minimum atomic E-state index is -4.11. The van der Waals surface area contributed by atoms with Gasteiger partial charge >= 0.3 is 10.1 Å². The van der Waals surface area contributed by atoms with Gasteiger partial charge < -0.3 is 9.92 Å². The minimum Gasteiger partial charge on any atom is -0.378 e. The van der Waals surface area contributed by atoms with Crippen LogP contribution in [-0.4, -0.2) is 36.9 Å². The summed E-state index contributed by atoms with van der Waals surface area (Å²) in [7, 11) is -4.11. The molecule has 8 nitrogen and oxygen atoms in total. The van der Waals surface area contributed by atoms with Crippen LogP contribution >= 0.6 is 27.7 Å². The summed E-state index contributed by atoms with van der Waals surface area (Å²) < 4.78 is 30.9. The third kappa shape index (κ3) is 4.86. The maximum absolute atomic E-state index is 12.5. The number of rotatable bonds is 6. The van der Waals surface area contributed by atoms with Crippen LogP contribution in [0.25, 0.3) is 6.08 Å². The summed E-state index contributed by atoms with van der Waals surface area (Å²) in [5.74, 6) is -1.55. The SMILES string of the molecule is NC(=O)CN1C(=O)S/C(=C\c2cc(Br)ccc2OS(=O)(=O)c2ccccc2)C1=O.